The van der Waals surface area contributed by atoms with Crippen LogP contribution in [0.1, 0.15) is 30.4 Å². The van der Waals surface area contributed by atoms with Crippen LogP contribution in [0.2, 0.25) is 10.0 Å². The van der Waals surface area contributed by atoms with Gasteiger partial charge in [0.05, 0.1) is 6.61 Å². The Hall–Kier alpha value is -1.54. The highest BCUT2D eigenvalue weighted by Crippen LogP contribution is 2.44. The molecule has 1 amide bonds. The molecule has 1 aromatic carbocycles. The molecule has 2 atom stereocenters. The van der Waals surface area contributed by atoms with Gasteiger partial charge in [0.15, 0.2) is 5.78 Å². The molecule has 23 heavy (non-hydrogen) atoms. The molecule has 0 radical (unpaired) electrons. The van der Waals surface area contributed by atoms with Crippen LogP contribution < -0.4 is 0 Å². The van der Waals surface area contributed by atoms with Crippen molar-refractivity contribution in [1.82, 2.24) is 4.90 Å². The molecule has 2 saturated heterocycles. The molecule has 120 valence electrons. The van der Waals surface area contributed by atoms with E-state index in [1.807, 2.05) is 0 Å². The van der Waals surface area contributed by atoms with Gasteiger partial charge in [-0.15, -0.1) is 5.92 Å². The third-order valence-electron chi connectivity index (χ3n) is 4.58. The van der Waals surface area contributed by atoms with Gasteiger partial charge in [-0.05, 0) is 19.1 Å². The van der Waals surface area contributed by atoms with Crippen LogP contribution in [-0.2, 0) is 14.3 Å². The summed E-state index contributed by atoms with van der Waals surface area (Å²) in [6.45, 7) is 2.39. The van der Waals surface area contributed by atoms with Crippen molar-refractivity contribution >= 4 is 34.9 Å². The molecule has 3 rings (SSSR count). The van der Waals surface area contributed by atoms with Crippen molar-refractivity contribution < 1.29 is 14.3 Å². The average molecular weight is 352 g/mol. The van der Waals surface area contributed by atoms with E-state index in [2.05, 4.69) is 11.8 Å². The summed E-state index contributed by atoms with van der Waals surface area (Å²) in [5, 5.41) is 0.567. The lowest BCUT2D eigenvalue weighted by Gasteiger charge is -2.27. The number of likely N-dealkylation sites (tertiary alicyclic amines) is 1. The van der Waals surface area contributed by atoms with E-state index in [4.69, 9.17) is 27.9 Å². The minimum atomic E-state index is -0.981. The number of ether oxygens (including phenoxy) is 1. The van der Waals surface area contributed by atoms with Gasteiger partial charge in [-0.25, -0.2) is 0 Å². The number of carbonyl (C=O) groups excluding carboxylic acids is 2. The number of benzene rings is 1. The Morgan fingerprint density at radius 2 is 1.96 bits per heavy atom. The minimum absolute atomic E-state index is 0.194. The number of amides is 1. The summed E-state index contributed by atoms with van der Waals surface area (Å²) in [6, 6.07) is 3.27. The summed E-state index contributed by atoms with van der Waals surface area (Å²) in [5.74, 6) is 4.17. The summed E-state index contributed by atoms with van der Waals surface area (Å²) in [6.07, 6.45) is 0.499. The number of hydrogen-bond acceptors (Lipinski definition) is 3. The highest BCUT2D eigenvalue weighted by atomic mass is 35.5. The fourth-order valence-corrected chi connectivity index (χ4v) is 4.00. The van der Waals surface area contributed by atoms with Crippen molar-refractivity contribution in [3.05, 3.63) is 33.3 Å². The maximum absolute atomic E-state index is 13.0. The molecule has 0 bridgehead atoms. The second-order valence-electron chi connectivity index (χ2n) is 5.76. The Bertz CT molecular complexity index is 734. The van der Waals surface area contributed by atoms with Gasteiger partial charge in [0.2, 0.25) is 5.91 Å². The van der Waals surface area contributed by atoms with Crippen molar-refractivity contribution in [1.29, 1.82) is 0 Å². The van der Waals surface area contributed by atoms with Gasteiger partial charge in [-0.2, -0.15) is 0 Å². The number of likely N-dealkylation sites (N-methyl/N-ethyl adjacent to an activating group) is 1. The van der Waals surface area contributed by atoms with Gasteiger partial charge in [-0.3, -0.25) is 9.59 Å². The van der Waals surface area contributed by atoms with Crippen LogP contribution in [0.3, 0.4) is 0 Å². The summed E-state index contributed by atoms with van der Waals surface area (Å²) in [7, 11) is 1.63. The van der Waals surface area contributed by atoms with Crippen molar-refractivity contribution in [3.63, 3.8) is 0 Å². The van der Waals surface area contributed by atoms with E-state index in [1.54, 1.807) is 26.1 Å². The molecule has 4 nitrogen and oxygen atoms in total. The van der Waals surface area contributed by atoms with Crippen LogP contribution in [0, 0.1) is 11.8 Å². The first-order valence-electron chi connectivity index (χ1n) is 7.24. The van der Waals surface area contributed by atoms with Crippen molar-refractivity contribution in [2.45, 2.75) is 24.8 Å². The number of carbonyl (C=O) groups is 2. The van der Waals surface area contributed by atoms with Crippen LogP contribution in [0.25, 0.3) is 0 Å². The van der Waals surface area contributed by atoms with E-state index < -0.39 is 11.5 Å². The molecule has 2 unspecified atom stereocenters. The zero-order valence-corrected chi connectivity index (χ0v) is 14.3. The van der Waals surface area contributed by atoms with Gasteiger partial charge < -0.3 is 9.64 Å². The van der Waals surface area contributed by atoms with Crippen molar-refractivity contribution in [2.75, 3.05) is 20.3 Å². The van der Waals surface area contributed by atoms with Crippen LogP contribution in [-0.4, -0.2) is 42.4 Å². The van der Waals surface area contributed by atoms with E-state index in [-0.39, 0.29) is 28.3 Å². The Morgan fingerprint density at radius 1 is 1.30 bits per heavy atom. The molecule has 1 spiro atoms. The van der Waals surface area contributed by atoms with Gasteiger partial charge in [0.25, 0.3) is 0 Å². The molecule has 0 N–H and O–H groups in total. The second kappa shape index (κ2) is 5.83. The maximum atomic E-state index is 13.0. The average Bonchev–Trinajstić information content (AvgIpc) is 3.05. The van der Waals surface area contributed by atoms with Gasteiger partial charge in [-0.1, -0.05) is 29.1 Å². The molecule has 2 fully saturated rings. The number of halogens is 2. The summed E-state index contributed by atoms with van der Waals surface area (Å²) < 4.78 is 5.37. The molecule has 1 aromatic rings. The third kappa shape index (κ3) is 2.35. The summed E-state index contributed by atoms with van der Waals surface area (Å²) in [5.41, 5.74) is 0.119. The van der Waals surface area contributed by atoms with Crippen molar-refractivity contribution in [2.24, 2.45) is 0 Å². The van der Waals surface area contributed by atoms with Gasteiger partial charge in [0.1, 0.15) is 11.5 Å². The lowest BCUT2D eigenvalue weighted by Crippen LogP contribution is -2.48. The molecule has 2 heterocycles. The SMILES string of the molecule is CC#Cc1cc(Cl)c(C2C(=O)N(C)C3(CCOC3)C2=O)c(Cl)c1. The topological polar surface area (TPSA) is 46.6 Å². The van der Waals surface area contributed by atoms with E-state index in [0.717, 1.165) is 0 Å². The number of Topliss-reactive ketones (excluding diaryl/α,β-unsaturated/α-hetero) is 1. The first-order chi connectivity index (χ1) is 10.9. The van der Waals surface area contributed by atoms with E-state index in [0.29, 0.717) is 24.2 Å². The van der Waals surface area contributed by atoms with Crippen LogP contribution in [0.4, 0.5) is 0 Å². The largest absolute Gasteiger partial charge is 0.378 e. The molecule has 0 aromatic heterocycles. The molecule has 2 aliphatic heterocycles. The predicted molar refractivity (Wildman–Crippen MR) is 87.7 cm³/mol. The van der Waals surface area contributed by atoms with E-state index in [1.165, 1.54) is 4.90 Å². The van der Waals surface area contributed by atoms with Crippen LogP contribution in [0.15, 0.2) is 12.1 Å². The number of nitrogens with zero attached hydrogens (tertiary/aromatic N) is 1. The molecule has 2 aliphatic rings. The Morgan fingerprint density at radius 3 is 2.48 bits per heavy atom. The molecule has 0 aliphatic carbocycles. The standard InChI is InChI=1S/C17H15Cl2NO3/c1-3-4-10-7-11(18)13(12(19)8-10)14-15(21)17(5-6-23-9-17)20(2)16(14)22/h7-8,14H,5-6,9H2,1-2H3. The minimum Gasteiger partial charge on any atom is -0.378 e. The first-order valence-corrected chi connectivity index (χ1v) is 7.99. The highest BCUT2D eigenvalue weighted by molar-refractivity contribution is 6.38. The second-order valence-corrected chi connectivity index (χ2v) is 6.57. The summed E-state index contributed by atoms with van der Waals surface area (Å²) in [4.78, 5) is 27.2. The first kappa shape index (κ1) is 16.3. The number of ketones is 1. The molecular formula is C17H15Cl2NO3. The third-order valence-corrected chi connectivity index (χ3v) is 5.20. The molecule has 0 saturated carbocycles. The van der Waals surface area contributed by atoms with Crippen molar-refractivity contribution in [3.8, 4) is 11.8 Å². The number of hydrogen-bond donors (Lipinski definition) is 0. The molecule has 6 heteroatoms. The predicted octanol–water partition coefficient (Wildman–Crippen LogP) is 2.65. The Balaban J connectivity index is 2.10. The Kier molecular flexibility index (Phi) is 4.14. The fraction of sp³-hybridized carbons (Fsp3) is 0.412. The normalized spacial score (nSPS) is 26.8. The zero-order valence-electron chi connectivity index (χ0n) is 12.8. The van der Waals surface area contributed by atoms with E-state index >= 15 is 0 Å². The Labute approximate surface area is 144 Å². The fourth-order valence-electron chi connectivity index (χ4n) is 3.29. The maximum Gasteiger partial charge on any atom is 0.238 e. The quantitative estimate of drug-likeness (QED) is 0.577. The monoisotopic (exact) mass is 351 g/mol. The van der Waals surface area contributed by atoms with Gasteiger partial charge >= 0.3 is 0 Å². The lowest BCUT2D eigenvalue weighted by molar-refractivity contribution is -0.131. The highest BCUT2D eigenvalue weighted by Gasteiger charge is 2.59. The zero-order chi connectivity index (χ0) is 16.8. The van der Waals surface area contributed by atoms with E-state index in [9.17, 15) is 9.59 Å². The number of rotatable bonds is 1. The van der Waals surface area contributed by atoms with Crippen LogP contribution in [0.5, 0.6) is 0 Å². The van der Waals surface area contributed by atoms with Gasteiger partial charge in [0, 0.05) is 41.2 Å². The lowest BCUT2D eigenvalue weighted by atomic mass is 9.86. The smallest absolute Gasteiger partial charge is 0.238 e. The van der Waals surface area contributed by atoms with Crippen LogP contribution >= 0.6 is 23.2 Å². The summed E-state index contributed by atoms with van der Waals surface area (Å²) >= 11 is 12.6. The molecular weight excluding hydrogens is 337 g/mol.